The molecule has 0 radical (unpaired) electrons. The lowest BCUT2D eigenvalue weighted by Gasteiger charge is -2.33. The Balaban J connectivity index is 1.52. The Labute approximate surface area is 147 Å². The second-order valence-corrected chi connectivity index (χ2v) is 6.64. The lowest BCUT2D eigenvalue weighted by molar-refractivity contribution is -0.123. The largest absolute Gasteiger partial charge is 0.484 e. The molecule has 1 saturated heterocycles. The highest BCUT2D eigenvalue weighted by Gasteiger charge is 2.14. The molecule has 1 aromatic rings. The lowest BCUT2D eigenvalue weighted by Crippen LogP contribution is -2.46. The number of nitrogens with zero attached hydrogens (tertiary/aromatic N) is 2. The van der Waals surface area contributed by atoms with Gasteiger partial charge in [0.25, 0.3) is 5.91 Å². The molecule has 0 spiro atoms. The molecule has 1 aromatic carbocycles. The van der Waals surface area contributed by atoms with E-state index in [1.165, 1.54) is 0 Å². The van der Waals surface area contributed by atoms with Crippen LogP contribution < -0.4 is 10.1 Å². The van der Waals surface area contributed by atoms with E-state index in [2.05, 4.69) is 38.0 Å². The predicted octanol–water partition coefficient (Wildman–Crippen LogP) is 1.97. The minimum absolute atomic E-state index is 0.0660. The minimum Gasteiger partial charge on any atom is -0.484 e. The Kier molecular flexibility index (Phi) is 7.85. The van der Waals surface area contributed by atoms with E-state index in [4.69, 9.17) is 4.74 Å². The zero-order chi connectivity index (χ0) is 16.5. The summed E-state index contributed by atoms with van der Waals surface area (Å²) in [4.78, 5) is 16.7. The molecule has 6 heteroatoms. The molecule has 0 saturated carbocycles. The van der Waals surface area contributed by atoms with Crippen molar-refractivity contribution in [2.24, 2.45) is 0 Å². The van der Waals surface area contributed by atoms with E-state index in [0.717, 1.165) is 50.2 Å². The summed E-state index contributed by atoms with van der Waals surface area (Å²) in [5.74, 6) is 0.640. The molecule has 0 aromatic heterocycles. The average Bonchev–Trinajstić information content (AvgIpc) is 2.59. The molecule has 5 nitrogen and oxygen atoms in total. The maximum atomic E-state index is 11.8. The first kappa shape index (κ1) is 18.2. The van der Waals surface area contributed by atoms with Crippen LogP contribution in [-0.4, -0.2) is 68.1 Å². The number of piperazine rings is 1. The topological polar surface area (TPSA) is 44.8 Å². The van der Waals surface area contributed by atoms with Gasteiger partial charge in [-0.25, -0.2) is 0 Å². The highest BCUT2D eigenvalue weighted by atomic mass is 79.9. The van der Waals surface area contributed by atoms with Gasteiger partial charge in [0.2, 0.25) is 0 Å². The summed E-state index contributed by atoms with van der Waals surface area (Å²) in [7, 11) is 0. The Hall–Kier alpha value is -1.11. The van der Waals surface area contributed by atoms with Gasteiger partial charge in [0, 0.05) is 37.2 Å². The van der Waals surface area contributed by atoms with Crippen molar-refractivity contribution in [3.05, 3.63) is 28.7 Å². The number of ether oxygens (including phenoxy) is 1. The molecule has 1 heterocycles. The SMILES string of the molecule is CCN1CCN(CCCNC(=O)COc2ccc(Br)cc2)CC1. The van der Waals surface area contributed by atoms with Crippen molar-refractivity contribution in [1.29, 1.82) is 0 Å². The molecule has 0 aliphatic carbocycles. The number of nitrogens with one attached hydrogen (secondary N) is 1. The summed E-state index contributed by atoms with van der Waals surface area (Å²) >= 11 is 3.37. The zero-order valence-corrected chi connectivity index (χ0v) is 15.3. The van der Waals surface area contributed by atoms with Crippen LogP contribution in [0.25, 0.3) is 0 Å². The molecule has 0 bridgehead atoms. The Bertz CT molecular complexity index is 473. The molecular weight excluding hydrogens is 358 g/mol. The fourth-order valence-corrected chi connectivity index (χ4v) is 2.85. The summed E-state index contributed by atoms with van der Waals surface area (Å²) in [6.07, 6.45) is 0.982. The summed E-state index contributed by atoms with van der Waals surface area (Å²) in [5.41, 5.74) is 0. The molecule has 23 heavy (non-hydrogen) atoms. The van der Waals surface area contributed by atoms with E-state index in [-0.39, 0.29) is 12.5 Å². The van der Waals surface area contributed by atoms with Gasteiger partial charge in [-0.3, -0.25) is 4.79 Å². The van der Waals surface area contributed by atoms with E-state index >= 15 is 0 Å². The highest BCUT2D eigenvalue weighted by Crippen LogP contribution is 2.15. The molecule has 0 atom stereocenters. The van der Waals surface area contributed by atoms with Gasteiger partial charge < -0.3 is 19.9 Å². The number of carbonyl (C=O) groups is 1. The fraction of sp³-hybridized carbons (Fsp3) is 0.588. The monoisotopic (exact) mass is 383 g/mol. The summed E-state index contributed by atoms with van der Waals surface area (Å²) in [6, 6.07) is 7.47. The van der Waals surface area contributed by atoms with Crippen molar-refractivity contribution in [1.82, 2.24) is 15.1 Å². The van der Waals surface area contributed by atoms with Gasteiger partial charge in [0.15, 0.2) is 6.61 Å². The van der Waals surface area contributed by atoms with Crippen LogP contribution in [0.4, 0.5) is 0 Å². The van der Waals surface area contributed by atoms with Crippen LogP contribution in [0.3, 0.4) is 0 Å². The highest BCUT2D eigenvalue weighted by molar-refractivity contribution is 9.10. The molecular formula is C17H26BrN3O2. The van der Waals surface area contributed by atoms with E-state index in [1.807, 2.05) is 24.3 Å². The molecule has 0 unspecified atom stereocenters. The smallest absolute Gasteiger partial charge is 0.257 e. The third-order valence-corrected chi connectivity index (χ3v) is 4.60. The molecule has 128 valence electrons. The van der Waals surface area contributed by atoms with E-state index in [1.54, 1.807) is 0 Å². The zero-order valence-electron chi connectivity index (χ0n) is 13.8. The van der Waals surface area contributed by atoms with Crippen molar-refractivity contribution < 1.29 is 9.53 Å². The predicted molar refractivity (Wildman–Crippen MR) is 95.8 cm³/mol. The maximum Gasteiger partial charge on any atom is 0.257 e. The third kappa shape index (κ3) is 6.89. The van der Waals surface area contributed by atoms with Crippen molar-refractivity contribution >= 4 is 21.8 Å². The van der Waals surface area contributed by atoms with Crippen LogP contribution in [0, 0.1) is 0 Å². The van der Waals surface area contributed by atoms with Crippen LogP contribution >= 0.6 is 15.9 Å². The molecule has 1 aliphatic heterocycles. The first-order valence-electron chi connectivity index (χ1n) is 8.27. The molecule has 1 amide bonds. The van der Waals surface area contributed by atoms with Gasteiger partial charge >= 0.3 is 0 Å². The number of hydrogen-bond donors (Lipinski definition) is 1. The first-order valence-corrected chi connectivity index (χ1v) is 9.06. The molecule has 2 rings (SSSR count). The van der Waals surface area contributed by atoms with E-state index in [9.17, 15) is 4.79 Å². The Morgan fingerprint density at radius 2 is 1.83 bits per heavy atom. The second-order valence-electron chi connectivity index (χ2n) is 5.72. The van der Waals surface area contributed by atoms with Crippen molar-refractivity contribution in [2.45, 2.75) is 13.3 Å². The first-order chi connectivity index (χ1) is 11.2. The second kappa shape index (κ2) is 9.90. The van der Waals surface area contributed by atoms with Gasteiger partial charge in [0.1, 0.15) is 5.75 Å². The minimum atomic E-state index is -0.0660. The molecule has 1 N–H and O–H groups in total. The van der Waals surface area contributed by atoms with Crippen LogP contribution in [0.5, 0.6) is 5.75 Å². The van der Waals surface area contributed by atoms with Gasteiger partial charge in [-0.05, 0) is 43.8 Å². The summed E-state index contributed by atoms with van der Waals surface area (Å²) < 4.78 is 6.44. The molecule has 1 fully saturated rings. The van der Waals surface area contributed by atoms with E-state index in [0.29, 0.717) is 12.3 Å². The third-order valence-electron chi connectivity index (χ3n) is 4.07. The van der Waals surface area contributed by atoms with Crippen molar-refractivity contribution in [3.63, 3.8) is 0 Å². The number of benzene rings is 1. The lowest BCUT2D eigenvalue weighted by atomic mass is 10.3. The van der Waals surface area contributed by atoms with E-state index < -0.39 is 0 Å². The van der Waals surface area contributed by atoms with Crippen molar-refractivity contribution in [2.75, 3.05) is 52.4 Å². The standard InChI is InChI=1S/C17H26BrN3O2/c1-2-20-10-12-21(13-11-20)9-3-8-19-17(22)14-23-16-6-4-15(18)5-7-16/h4-7H,2-3,8-14H2,1H3,(H,19,22). The normalized spacial score (nSPS) is 16.3. The van der Waals surface area contributed by atoms with Gasteiger partial charge in [-0.2, -0.15) is 0 Å². The van der Waals surface area contributed by atoms with Gasteiger partial charge in [-0.15, -0.1) is 0 Å². The van der Waals surface area contributed by atoms with Crippen LogP contribution in [0.1, 0.15) is 13.3 Å². The average molecular weight is 384 g/mol. The fourth-order valence-electron chi connectivity index (χ4n) is 2.59. The van der Waals surface area contributed by atoms with Crippen LogP contribution in [-0.2, 0) is 4.79 Å². The quantitative estimate of drug-likeness (QED) is 0.697. The number of amides is 1. The Morgan fingerprint density at radius 3 is 2.48 bits per heavy atom. The van der Waals surface area contributed by atoms with Gasteiger partial charge in [-0.1, -0.05) is 22.9 Å². The van der Waals surface area contributed by atoms with Crippen LogP contribution in [0.2, 0.25) is 0 Å². The Morgan fingerprint density at radius 1 is 1.17 bits per heavy atom. The number of halogens is 1. The number of likely N-dealkylation sites (N-methyl/N-ethyl adjacent to an activating group) is 1. The van der Waals surface area contributed by atoms with Gasteiger partial charge in [0.05, 0.1) is 0 Å². The number of carbonyl (C=O) groups excluding carboxylic acids is 1. The van der Waals surface area contributed by atoms with Crippen molar-refractivity contribution in [3.8, 4) is 5.75 Å². The summed E-state index contributed by atoms with van der Waals surface area (Å²) in [6.45, 7) is 9.75. The summed E-state index contributed by atoms with van der Waals surface area (Å²) in [5, 5.41) is 2.91. The number of rotatable bonds is 8. The number of hydrogen-bond acceptors (Lipinski definition) is 4. The van der Waals surface area contributed by atoms with Crippen LogP contribution in [0.15, 0.2) is 28.7 Å². The molecule has 1 aliphatic rings. The maximum absolute atomic E-state index is 11.8.